The number of aromatic nitrogens is 2. The first kappa shape index (κ1) is 11.8. The molecule has 4 heteroatoms. The molecular formula is C13H14F2N2. The van der Waals surface area contributed by atoms with Crippen LogP contribution in [-0.2, 0) is 0 Å². The quantitative estimate of drug-likeness (QED) is 0.789. The summed E-state index contributed by atoms with van der Waals surface area (Å²) in [5.41, 5.74) is 1.77. The summed E-state index contributed by atoms with van der Waals surface area (Å²) >= 11 is 0. The Balaban J connectivity index is 2.35. The molecule has 0 unspecified atom stereocenters. The van der Waals surface area contributed by atoms with E-state index in [1.807, 2.05) is 6.20 Å². The molecule has 0 aliphatic carbocycles. The number of alkyl halides is 2. The van der Waals surface area contributed by atoms with E-state index >= 15 is 0 Å². The minimum Gasteiger partial charge on any atom is -0.241 e. The van der Waals surface area contributed by atoms with Gasteiger partial charge in [-0.2, -0.15) is 5.10 Å². The first-order chi connectivity index (χ1) is 8.08. The minimum atomic E-state index is -2.45. The average Bonchev–Trinajstić information content (AvgIpc) is 2.78. The van der Waals surface area contributed by atoms with Gasteiger partial charge >= 0.3 is 0 Å². The summed E-state index contributed by atoms with van der Waals surface area (Å²) in [6.45, 7) is 4.13. The van der Waals surface area contributed by atoms with E-state index in [4.69, 9.17) is 0 Å². The Bertz CT molecular complexity index is 504. The lowest BCUT2D eigenvalue weighted by molar-refractivity contribution is 0.151. The van der Waals surface area contributed by atoms with Gasteiger partial charge in [-0.25, -0.2) is 13.5 Å². The monoisotopic (exact) mass is 236 g/mol. The standard InChI is InChI=1S/C13H14F2N2/c1-9(2)11-7-16-17(8-11)12-5-3-4-10(6-12)13(14)15/h3-9,13H,1-2H3. The van der Waals surface area contributed by atoms with Gasteiger partial charge in [-0.1, -0.05) is 26.0 Å². The first-order valence-electron chi connectivity index (χ1n) is 5.51. The second-order valence-electron chi connectivity index (χ2n) is 4.27. The highest BCUT2D eigenvalue weighted by Crippen LogP contribution is 2.22. The van der Waals surface area contributed by atoms with Crippen molar-refractivity contribution in [3.63, 3.8) is 0 Å². The summed E-state index contributed by atoms with van der Waals surface area (Å²) in [4.78, 5) is 0. The molecule has 2 aromatic rings. The second kappa shape index (κ2) is 4.65. The molecule has 2 rings (SSSR count). The van der Waals surface area contributed by atoms with Crippen LogP contribution in [0, 0.1) is 0 Å². The fraction of sp³-hybridized carbons (Fsp3) is 0.308. The normalized spacial score (nSPS) is 11.4. The summed E-state index contributed by atoms with van der Waals surface area (Å²) < 4.78 is 26.8. The molecule has 2 nitrogen and oxygen atoms in total. The zero-order valence-corrected chi connectivity index (χ0v) is 9.77. The van der Waals surface area contributed by atoms with Crippen LogP contribution in [0.4, 0.5) is 8.78 Å². The highest BCUT2D eigenvalue weighted by Gasteiger charge is 2.09. The molecule has 0 spiro atoms. The van der Waals surface area contributed by atoms with E-state index in [0.717, 1.165) is 5.56 Å². The summed E-state index contributed by atoms with van der Waals surface area (Å²) in [5.74, 6) is 0.377. The van der Waals surface area contributed by atoms with E-state index in [1.54, 1.807) is 23.0 Å². The van der Waals surface area contributed by atoms with E-state index in [1.165, 1.54) is 12.1 Å². The predicted molar refractivity (Wildman–Crippen MR) is 62.6 cm³/mol. The molecule has 0 radical (unpaired) electrons. The van der Waals surface area contributed by atoms with Gasteiger partial charge in [0.1, 0.15) is 0 Å². The first-order valence-corrected chi connectivity index (χ1v) is 5.51. The number of halogens is 2. The van der Waals surface area contributed by atoms with Crippen LogP contribution in [0.5, 0.6) is 0 Å². The maximum absolute atomic E-state index is 12.6. The lowest BCUT2D eigenvalue weighted by atomic mass is 10.1. The minimum absolute atomic E-state index is 0.0177. The van der Waals surface area contributed by atoms with Crippen molar-refractivity contribution in [3.8, 4) is 5.69 Å². The summed E-state index contributed by atoms with van der Waals surface area (Å²) in [6, 6.07) is 6.26. The molecule has 0 atom stereocenters. The van der Waals surface area contributed by atoms with Crippen LogP contribution >= 0.6 is 0 Å². The Hall–Kier alpha value is -1.71. The molecule has 0 saturated carbocycles. The van der Waals surface area contributed by atoms with Gasteiger partial charge in [-0.15, -0.1) is 0 Å². The lowest BCUT2D eigenvalue weighted by Gasteiger charge is -2.04. The maximum atomic E-state index is 12.6. The Labute approximate surface area is 98.9 Å². The van der Waals surface area contributed by atoms with Crippen molar-refractivity contribution in [2.75, 3.05) is 0 Å². The van der Waals surface area contributed by atoms with Gasteiger partial charge in [0.15, 0.2) is 0 Å². The Morgan fingerprint density at radius 3 is 2.53 bits per heavy atom. The maximum Gasteiger partial charge on any atom is 0.263 e. The topological polar surface area (TPSA) is 17.8 Å². The molecule has 90 valence electrons. The molecule has 0 aliphatic heterocycles. The largest absolute Gasteiger partial charge is 0.263 e. The summed E-state index contributed by atoms with van der Waals surface area (Å²) in [7, 11) is 0. The van der Waals surface area contributed by atoms with Crippen LogP contribution in [0.1, 0.15) is 37.3 Å². The van der Waals surface area contributed by atoms with Crippen molar-refractivity contribution in [2.45, 2.75) is 26.2 Å². The average molecular weight is 236 g/mol. The van der Waals surface area contributed by atoms with Crippen LogP contribution < -0.4 is 0 Å². The Kier molecular flexibility index (Phi) is 3.22. The smallest absolute Gasteiger partial charge is 0.241 e. The molecule has 1 aromatic carbocycles. The van der Waals surface area contributed by atoms with Crippen molar-refractivity contribution >= 4 is 0 Å². The fourth-order valence-corrected chi connectivity index (χ4v) is 1.58. The van der Waals surface area contributed by atoms with Crippen molar-refractivity contribution in [2.24, 2.45) is 0 Å². The van der Waals surface area contributed by atoms with Crippen LogP contribution in [0.3, 0.4) is 0 Å². The van der Waals surface area contributed by atoms with Crippen LogP contribution in [0.2, 0.25) is 0 Å². The summed E-state index contributed by atoms with van der Waals surface area (Å²) in [6.07, 6.45) is 1.18. The fourth-order valence-electron chi connectivity index (χ4n) is 1.58. The lowest BCUT2D eigenvalue weighted by Crippen LogP contribution is -1.95. The van der Waals surface area contributed by atoms with Crippen molar-refractivity contribution in [1.29, 1.82) is 0 Å². The number of hydrogen-bond donors (Lipinski definition) is 0. The van der Waals surface area contributed by atoms with Crippen molar-refractivity contribution in [3.05, 3.63) is 47.8 Å². The molecule has 0 bridgehead atoms. The molecule has 0 fully saturated rings. The Morgan fingerprint density at radius 1 is 1.18 bits per heavy atom. The van der Waals surface area contributed by atoms with E-state index < -0.39 is 6.43 Å². The molecular weight excluding hydrogens is 222 g/mol. The van der Waals surface area contributed by atoms with Gasteiger partial charge in [0.05, 0.1) is 11.9 Å². The molecule has 0 amide bonds. The van der Waals surface area contributed by atoms with Gasteiger partial charge in [0, 0.05) is 11.8 Å². The third-order valence-electron chi connectivity index (χ3n) is 2.66. The highest BCUT2D eigenvalue weighted by atomic mass is 19.3. The molecule has 0 N–H and O–H groups in total. The van der Waals surface area contributed by atoms with E-state index in [2.05, 4.69) is 18.9 Å². The molecule has 1 aromatic heterocycles. The molecule has 17 heavy (non-hydrogen) atoms. The number of nitrogens with zero attached hydrogens (tertiary/aromatic N) is 2. The zero-order valence-electron chi connectivity index (χ0n) is 9.77. The van der Waals surface area contributed by atoms with Gasteiger partial charge in [0.2, 0.25) is 0 Å². The zero-order chi connectivity index (χ0) is 12.4. The predicted octanol–water partition coefficient (Wildman–Crippen LogP) is 3.93. The number of hydrogen-bond acceptors (Lipinski definition) is 1. The third-order valence-corrected chi connectivity index (χ3v) is 2.66. The number of rotatable bonds is 3. The van der Waals surface area contributed by atoms with Crippen LogP contribution in [0.25, 0.3) is 5.69 Å². The molecule has 1 heterocycles. The van der Waals surface area contributed by atoms with E-state index in [9.17, 15) is 8.78 Å². The second-order valence-corrected chi connectivity index (χ2v) is 4.27. The third kappa shape index (κ3) is 2.52. The van der Waals surface area contributed by atoms with Crippen LogP contribution in [0.15, 0.2) is 36.7 Å². The molecule has 0 saturated heterocycles. The van der Waals surface area contributed by atoms with Crippen LogP contribution in [-0.4, -0.2) is 9.78 Å². The van der Waals surface area contributed by atoms with Gasteiger partial charge in [-0.05, 0) is 23.6 Å². The molecule has 0 aliphatic rings. The van der Waals surface area contributed by atoms with Gasteiger partial charge in [-0.3, -0.25) is 0 Å². The van der Waals surface area contributed by atoms with Crippen molar-refractivity contribution in [1.82, 2.24) is 9.78 Å². The van der Waals surface area contributed by atoms with Crippen molar-refractivity contribution < 1.29 is 8.78 Å². The number of benzene rings is 1. The van der Waals surface area contributed by atoms with E-state index in [-0.39, 0.29) is 5.56 Å². The van der Waals surface area contributed by atoms with Gasteiger partial charge in [0.25, 0.3) is 6.43 Å². The summed E-state index contributed by atoms with van der Waals surface area (Å²) in [5, 5.41) is 4.18. The van der Waals surface area contributed by atoms with E-state index in [0.29, 0.717) is 11.6 Å². The SMILES string of the molecule is CC(C)c1cnn(-c2cccc(C(F)F)c2)c1. The Morgan fingerprint density at radius 2 is 1.94 bits per heavy atom. The van der Waals surface area contributed by atoms with Gasteiger partial charge < -0.3 is 0 Å². The highest BCUT2D eigenvalue weighted by molar-refractivity contribution is 5.36.